The summed E-state index contributed by atoms with van der Waals surface area (Å²) in [5, 5.41) is 4.81. The van der Waals surface area contributed by atoms with Gasteiger partial charge in [0.25, 0.3) is 0 Å². The summed E-state index contributed by atoms with van der Waals surface area (Å²) in [6, 6.07) is 9.20. The fourth-order valence-corrected chi connectivity index (χ4v) is 2.14. The van der Waals surface area contributed by atoms with Crippen molar-refractivity contribution in [2.24, 2.45) is 0 Å². The lowest BCUT2D eigenvalue weighted by Crippen LogP contribution is -2.21. The number of hydrogen-bond acceptors (Lipinski definition) is 2. The molecule has 1 aromatic heterocycles. The topological polar surface area (TPSA) is 26.2 Å². The third kappa shape index (κ3) is 2.92. The molecule has 1 heterocycles. The van der Waals surface area contributed by atoms with E-state index in [2.05, 4.69) is 54.2 Å². The van der Waals surface area contributed by atoms with Gasteiger partial charge in [-0.1, -0.05) is 26.0 Å². The SMILES string of the molecule is COCCn1ccc2c(CNC(C)C)cccc21. The first kappa shape index (κ1) is 13.1. The molecule has 2 rings (SSSR count). The molecule has 1 aromatic carbocycles. The van der Waals surface area contributed by atoms with E-state index in [4.69, 9.17) is 4.74 Å². The Balaban J connectivity index is 2.24. The van der Waals surface area contributed by atoms with Gasteiger partial charge in [0.2, 0.25) is 0 Å². The van der Waals surface area contributed by atoms with Crippen LogP contribution in [0.1, 0.15) is 19.4 Å². The quantitative estimate of drug-likeness (QED) is 0.848. The Labute approximate surface area is 109 Å². The summed E-state index contributed by atoms with van der Waals surface area (Å²) < 4.78 is 7.39. The number of nitrogens with zero attached hydrogens (tertiary/aromatic N) is 1. The summed E-state index contributed by atoms with van der Waals surface area (Å²) in [7, 11) is 1.74. The molecule has 0 saturated carbocycles. The molecule has 0 radical (unpaired) electrons. The Bertz CT molecular complexity index is 502. The minimum atomic E-state index is 0.510. The van der Waals surface area contributed by atoms with Crippen molar-refractivity contribution in [3.05, 3.63) is 36.0 Å². The average Bonchev–Trinajstić information content (AvgIpc) is 2.77. The molecule has 0 fully saturated rings. The molecule has 98 valence electrons. The predicted octanol–water partition coefficient (Wildman–Crippen LogP) is 2.79. The first-order valence-electron chi connectivity index (χ1n) is 6.51. The van der Waals surface area contributed by atoms with Crippen molar-refractivity contribution < 1.29 is 4.74 Å². The number of fused-ring (bicyclic) bond motifs is 1. The van der Waals surface area contributed by atoms with Crippen LogP contribution in [-0.2, 0) is 17.8 Å². The minimum Gasteiger partial charge on any atom is -0.383 e. The maximum absolute atomic E-state index is 5.14. The summed E-state index contributed by atoms with van der Waals surface area (Å²) in [4.78, 5) is 0. The van der Waals surface area contributed by atoms with Gasteiger partial charge in [0.15, 0.2) is 0 Å². The predicted molar refractivity (Wildman–Crippen MR) is 75.8 cm³/mol. The first-order chi connectivity index (χ1) is 8.72. The molecular weight excluding hydrogens is 224 g/mol. The monoisotopic (exact) mass is 246 g/mol. The van der Waals surface area contributed by atoms with Gasteiger partial charge in [0, 0.05) is 43.3 Å². The number of methoxy groups -OCH3 is 1. The Hall–Kier alpha value is -1.32. The van der Waals surface area contributed by atoms with E-state index in [1.54, 1.807) is 7.11 Å². The zero-order valence-electron chi connectivity index (χ0n) is 11.4. The molecule has 0 unspecified atom stereocenters. The van der Waals surface area contributed by atoms with Gasteiger partial charge >= 0.3 is 0 Å². The normalized spacial score (nSPS) is 11.6. The zero-order valence-corrected chi connectivity index (χ0v) is 11.4. The van der Waals surface area contributed by atoms with Crippen LogP contribution in [0, 0.1) is 0 Å². The van der Waals surface area contributed by atoms with Crippen LogP contribution in [0.15, 0.2) is 30.5 Å². The van der Waals surface area contributed by atoms with Gasteiger partial charge in [-0.25, -0.2) is 0 Å². The average molecular weight is 246 g/mol. The molecule has 0 aliphatic carbocycles. The number of nitrogens with one attached hydrogen (secondary N) is 1. The van der Waals surface area contributed by atoms with Crippen LogP contribution in [0.2, 0.25) is 0 Å². The number of benzene rings is 1. The molecule has 1 N–H and O–H groups in total. The van der Waals surface area contributed by atoms with E-state index in [0.717, 1.165) is 19.7 Å². The second kappa shape index (κ2) is 6.03. The van der Waals surface area contributed by atoms with Crippen molar-refractivity contribution >= 4 is 10.9 Å². The second-order valence-electron chi connectivity index (χ2n) is 4.89. The van der Waals surface area contributed by atoms with Crippen LogP contribution < -0.4 is 5.32 Å². The molecule has 0 atom stereocenters. The van der Waals surface area contributed by atoms with E-state index in [-0.39, 0.29) is 0 Å². The molecule has 3 nitrogen and oxygen atoms in total. The van der Waals surface area contributed by atoms with E-state index in [0.29, 0.717) is 6.04 Å². The summed E-state index contributed by atoms with van der Waals surface area (Å²) in [6.07, 6.45) is 2.14. The Morgan fingerprint density at radius 2 is 2.11 bits per heavy atom. The smallest absolute Gasteiger partial charge is 0.0641 e. The number of hydrogen-bond donors (Lipinski definition) is 1. The van der Waals surface area contributed by atoms with E-state index in [1.807, 2.05) is 0 Å². The standard InChI is InChI=1S/C15H22N2O/c1-12(2)16-11-13-5-4-6-15-14(13)7-8-17(15)9-10-18-3/h4-8,12,16H,9-11H2,1-3H3. The van der Waals surface area contributed by atoms with Crippen molar-refractivity contribution in [1.82, 2.24) is 9.88 Å². The van der Waals surface area contributed by atoms with Crippen LogP contribution in [0.4, 0.5) is 0 Å². The summed E-state index contributed by atoms with van der Waals surface area (Å²) in [5.41, 5.74) is 2.65. The molecule has 0 amide bonds. The van der Waals surface area contributed by atoms with Gasteiger partial charge in [0.05, 0.1) is 6.61 Å². The highest BCUT2D eigenvalue weighted by Crippen LogP contribution is 2.20. The van der Waals surface area contributed by atoms with Gasteiger partial charge in [-0.15, -0.1) is 0 Å². The molecule has 0 spiro atoms. The Morgan fingerprint density at radius 3 is 2.83 bits per heavy atom. The second-order valence-corrected chi connectivity index (χ2v) is 4.89. The van der Waals surface area contributed by atoms with E-state index in [9.17, 15) is 0 Å². The van der Waals surface area contributed by atoms with Crippen molar-refractivity contribution in [2.45, 2.75) is 33.0 Å². The van der Waals surface area contributed by atoms with Crippen molar-refractivity contribution in [3.63, 3.8) is 0 Å². The number of aromatic nitrogens is 1. The lowest BCUT2D eigenvalue weighted by Gasteiger charge is -2.10. The first-order valence-corrected chi connectivity index (χ1v) is 6.51. The Kier molecular flexibility index (Phi) is 4.39. The molecule has 3 heteroatoms. The van der Waals surface area contributed by atoms with Crippen molar-refractivity contribution in [1.29, 1.82) is 0 Å². The van der Waals surface area contributed by atoms with Crippen LogP contribution in [-0.4, -0.2) is 24.3 Å². The van der Waals surface area contributed by atoms with Crippen molar-refractivity contribution in [3.8, 4) is 0 Å². The summed E-state index contributed by atoms with van der Waals surface area (Å²) in [5.74, 6) is 0. The molecular formula is C15H22N2O. The third-order valence-electron chi connectivity index (χ3n) is 3.14. The summed E-state index contributed by atoms with van der Waals surface area (Å²) >= 11 is 0. The van der Waals surface area contributed by atoms with E-state index < -0.39 is 0 Å². The van der Waals surface area contributed by atoms with Gasteiger partial charge in [-0.3, -0.25) is 0 Å². The largest absolute Gasteiger partial charge is 0.383 e. The lowest BCUT2D eigenvalue weighted by molar-refractivity contribution is 0.188. The molecule has 0 bridgehead atoms. The molecule has 2 aromatic rings. The van der Waals surface area contributed by atoms with E-state index in [1.165, 1.54) is 16.5 Å². The summed E-state index contributed by atoms with van der Waals surface area (Å²) in [6.45, 7) is 6.91. The number of rotatable bonds is 6. The van der Waals surface area contributed by atoms with Crippen LogP contribution in [0.3, 0.4) is 0 Å². The molecule has 0 aliphatic rings. The third-order valence-corrected chi connectivity index (χ3v) is 3.14. The van der Waals surface area contributed by atoms with Gasteiger partial charge in [-0.2, -0.15) is 0 Å². The van der Waals surface area contributed by atoms with Crippen LogP contribution >= 0.6 is 0 Å². The molecule has 18 heavy (non-hydrogen) atoms. The maximum Gasteiger partial charge on any atom is 0.0641 e. The maximum atomic E-state index is 5.14. The minimum absolute atomic E-state index is 0.510. The molecule has 0 saturated heterocycles. The highest BCUT2D eigenvalue weighted by molar-refractivity contribution is 5.83. The lowest BCUT2D eigenvalue weighted by atomic mass is 10.1. The highest BCUT2D eigenvalue weighted by Gasteiger charge is 2.05. The number of ether oxygens (including phenoxy) is 1. The van der Waals surface area contributed by atoms with Gasteiger partial charge in [-0.05, 0) is 17.7 Å². The fourth-order valence-electron chi connectivity index (χ4n) is 2.14. The zero-order chi connectivity index (χ0) is 13.0. The van der Waals surface area contributed by atoms with Crippen LogP contribution in [0.25, 0.3) is 10.9 Å². The van der Waals surface area contributed by atoms with Gasteiger partial charge < -0.3 is 14.6 Å². The van der Waals surface area contributed by atoms with Crippen LogP contribution in [0.5, 0.6) is 0 Å². The Morgan fingerprint density at radius 1 is 1.28 bits per heavy atom. The molecule has 0 aliphatic heterocycles. The van der Waals surface area contributed by atoms with Gasteiger partial charge in [0.1, 0.15) is 0 Å². The van der Waals surface area contributed by atoms with Crippen molar-refractivity contribution in [2.75, 3.05) is 13.7 Å². The highest BCUT2D eigenvalue weighted by atomic mass is 16.5. The van der Waals surface area contributed by atoms with E-state index >= 15 is 0 Å². The fraction of sp³-hybridized carbons (Fsp3) is 0.467.